The third-order valence-corrected chi connectivity index (χ3v) is 4.12. The zero-order valence-corrected chi connectivity index (χ0v) is 15.2. The average Bonchev–Trinajstić information content (AvgIpc) is 3.23. The van der Waals surface area contributed by atoms with Gasteiger partial charge in [-0.25, -0.2) is 9.38 Å². The van der Waals surface area contributed by atoms with Gasteiger partial charge in [-0.1, -0.05) is 0 Å². The van der Waals surface area contributed by atoms with E-state index in [1.54, 1.807) is 12.1 Å². The Kier molecular flexibility index (Phi) is 6.04. The van der Waals surface area contributed by atoms with E-state index in [0.29, 0.717) is 24.8 Å². The van der Waals surface area contributed by atoms with Gasteiger partial charge in [-0.2, -0.15) is 0 Å². The van der Waals surface area contributed by atoms with Crippen molar-refractivity contribution in [2.24, 2.45) is 4.99 Å². The Bertz CT molecular complexity index is 743. The second kappa shape index (κ2) is 8.64. The van der Waals surface area contributed by atoms with E-state index in [0.717, 1.165) is 37.6 Å². The second-order valence-electron chi connectivity index (χ2n) is 6.25. The summed E-state index contributed by atoms with van der Waals surface area (Å²) in [5.41, 5.74) is 0. The second-order valence-corrected chi connectivity index (χ2v) is 6.25. The molecule has 0 bridgehead atoms. The third kappa shape index (κ3) is 4.71. The van der Waals surface area contributed by atoms with E-state index in [-0.39, 0.29) is 11.9 Å². The van der Waals surface area contributed by atoms with Gasteiger partial charge in [-0.15, -0.1) is 10.2 Å². The molecule has 2 heterocycles. The van der Waals surface area contributed by atoms with E-state index in [1.165, 1.54) is 12.1 Å². The lowest BCUT2D eigenvalue weighted by Crippen LogP contribution is -2.41. The Hall–Kier alpha value is -2.64. The highest BCUT2D eigenvalue weighted by Crippen LogP contribution is 2.14. The summed E-state index contributed by atoms with van der Waals surface area (Å²) in [6.45, 7) is 6.75. The molecule has 1 aliphatic rings. The summed E-state index contributed by atoms with van der Waals surface area (Å²) < 4.78 is 20.9. The molecule has 1 atom stereocenters. The Labute approximate surface area is 152 Å². The molecule has 0 aliphatic carbocycles. The smallest absolute Gasteiger partial charge is 0.191 e. The Morgan fingerprint density at radius 2 is 2.12 bits per heavy atom. The predicted octanol–water partition coefficient (Wildman–Crippen LogP) is 1.89. The van der Waals surface area contributed by atoms with Gasteiger partial charge < -0.3 is 19.9 Å². The molecule has 0 saturated carbocycles. The van der Waals surface area contributed by atoms with Crippen LogP contribution in [-0.2, 0) is 19.5 Å². The van der Waals surface area contributed by atoms with Crippen LogP contribution in [-0.4, -0.2) is 39.9 Å². The summed E-state index contributed by atoms with van der Waals surface area (Å²) in [6.07, 6.45) is 2.02. The van der Waals surface area contributed by atoms with Gasteiger partial charge in [0, 0.05) is 19.5 Å². The minimum absolute atomic E-state index is 0.0957. The van der Waals surface area contributed by atoms with Gasteiger partial charge in [0.15, 0.2) is 11.8 Å². The van der Waals surface area contributed by atoms with Crippen molar-refractivity contribution in [2.75, 3.05) is 13.1 Å². The van der Waals surface area contributed by atoms with Gasteiger partial charge in [-0.05, 0) is 44.5 Å². The zero-order chi connectivity index (χ0) is 18.4. The summed E-state index contributed by atoms with van der Waals surface area (Å²) in [6, 6.07) is 6.02. The largest absolute Gasteiger partial charge is 0.489 e. The molecule has 2 N–H and O–H groups in total. The fourth-order valence-electron chi connectivity index (χ4n) is 2.85. The maximum Gasteiger partial charge on any atom is 0.191 e. The van der Waals surface area contributed by atoms with E-state index in [9.17, 15) is 4.39 Å². The molecule has 8 heteroatoms. The molecule has 0 amide bonds. The third-order valence-electron chi connectivity index (χ3n) is 4.12. The molecule has 140 valence electrons. The van der Waals surface area contributed by atoms with E-state index < -0.39 is 0 Å². The van der Waals surface area contributed by atoms with Gasteiger partial charge in [-0.3, -0.25) is 0 Å². The van der Waals surface area contributed by atoms with Gasteiger partial charge >= 0.3 is 0 Å². The number of aromatic nitrogens is 3. The van der Waals surface area contributed by atoms with Crippen molar-refractivity contribution < 1.29 is 9.13 Å². The quantitative estimate of drug-likeness (QED) is 0.582. The van der Waals surface area contributed by atoms with Crippen LogP contribution in [0.15, 0.2) is 29.3 Å². The molecule has 0 radical (unpaired) electrons. The molecular weight excluding hydrogens is 335 g/mol. The van der Waals surface area contributed by atoms with Crippen molar-refractivity contribution in [1.29, 1.82) is 0 Å². The molecule has 1 aromatic carbocycles. The minimum Gasteiger partial charge on any atom is -0.489 e. The summed E-state index contributed by atoms with van der Waals surface area (Å²) in [5.74, 6) is 3.02. The van der Waals surface area contributed by atoms with E-state index in [1.807, 2.05) is 13.8 Å². The van der Waals surface area contributed by atoms with Gasteiger partial charge in [0.25, 0.3) is 0 Å². The van der Waals surface area contributed by atoms with Crippen molar-refractivity contribution >= 4 is 5.96 Å². The number of guanidine groups is 1. The maximum atomic E-state index is 12.9. The van der Waals surface area contributed by atoms with Crippen LogP contribution in [0.3, 0.4) is 0 Å². The van der Waals surface area contributed by atoms with Crippen molar-refractivity contribution in [2.45, 2.75) is 45.9 Å². The number of hydrogen-bond donors (Lipinski definition) is 2. The van der Waals surface area contributed by atoms with Gasteiger partial charge in [0.2, 0.25) is 0 Å². The first-order valence-electron chi connectivity index (χ1n) is 9.01. The minimum atomic E-state index is -0.273. The van der Waals surface area contributed by atoms with Crippen LogP contribution in [0.1, 0.15) is 31.9 Å². The van der Waals surface area contributed by atoms with Gasteiger partial charge in [0.1, 0.15) is 30.0 Å². The number of nitrogens with zero attached hydrogens (tertiary/aromatic N) is 4. The van der Waals surface area contributed by atoms with Crippen molar-refractivity contribution in [3.05, 3.63) is 41.7 Å². The number of aliphatic imine (C=N–C) groups is 1. The van der Waals surface area contributed by atoms with Crippen LogP contribution in [0, 0.1) is 5.82 Å². The lowest BCUT2D eigenvalue weighted by Gasteiger charge is -2.17. The highest BCUT2D eigenvalue weighted by Gasteiger charge is 2.16. The normalized spacial score (nSPS) is 14.8. The van der Waals surface area contributed by atoms with Crippen molar-refractivity contribution in [3.63, 3.8) is 0 Å². The Morgan fingerprint density at radius 3 is 2.88 bits per heavy atom. The van der Waals surface area contributed by atoms with E-state index >= 15 is 0 Å². The first kappa shape index (κ1) is 18.2. The molecule has 3 rings (SSSR count). The van der Waals surface area contributed by atoms with Crippen LogP contribution in [0.25, 0.3) is 0 Å². The van der Waals surface area contributed by atoms with Crippen LogP contribution in [0.4, 0.5) is 4.39 Å². The van der Waals surface area contributed by atoms with Crippen molar-refractivity contribution in [1.82, 2.24) is 25.4 Å². The lowest BCUT2D eigenvalue weighted by molar-refractivity contribution is 0.223. The number of rotatable bonds is 7. The molecule has 26 heavy (non-hydrogen) atoms. The molecule has 2 aromatic rings. The summed E-state index contributed by atoms with van der Waals surface area (Å²) >= 11 is 0. The maximum absolute atomic E-state index is 12.9. The molecule has 0 saturated heterocycles. The molecular formula is C18H25FN6O. The van der Waals surface area contributed by atoms with Crippen LogP contribution in [0.2, 0.25) is 0 Å². The predicted molar refractivity (Wildman–Crippen MR) is 97.7 cm³/mol. The Balaban J connectivity index is 1.53. The van der Waals surface area contributed by atoms with E-state index in [4.69, 9.17) is 4.74 Å². The summed E-state index contributed by atoms with van der Waals surface area (Å²) in [5, 5.41) is 14.9. The van der Waals surface area contributed by atoms with Crippen LogP contribution >= 0.6 is 0 Å². The highest BCUT2D eigenvalue weighted by atomic mass is 19.1. The summed E-state index contributed by atoms with van der Waals surface area (Å²) in [4.78, 5) is 4.59. The number of ether oxygens (including phenoxy) is 1. The summed E-state index contributed by atoms with van der Waals surface area (Å²) in [7, 11) is 0. The molecule has 0 fully saturated rings. The Morgan fingerprint density at radius 1 is 1.31 bits per heavy atom. The fraction of sp³-hybridized carbons (Fsp3) is 0.500. The first-order valence-corrected chi connectivity index (χ1v) is 9.01. The van der Waals surface area contributed by atoms with Crippen LogP contribution in [0.5, 0.6) is 5.75 Å². The number of hydrogen-bond acceptors (Lipinski definition) is 4. The molecule has 7 nitrogen and oxygen atoms in total. The molecule has 1 unspecified atom stereocenters. The average molecular weight is 360 g/mol. The van der Waals surface area contributed by atoms with Gasteiger partial charge in [0.05, 0.1) is 6.54 Å². The highest BCUT2D eigenvalue weighted by molar-refractivity contribution is 5.79. The number of benzene rings is 1. The van der Waals surface area contributed by atoms with Crippen molar-refractivity contribution in [3.8, 4) is 5.75 Å². The lowest BCUT2D eigenvalue weighted by atomic mass is 10.3. The standard InChI is InChI=1S/C18H25FN6O/c1-3-20-18(22-12-17-24-23-16-5-4-10-25(16)17)21-11-13(2)26-15-8-6-14(19)7-9-15/h6-9,13H,3-5,10-12H2,1-2H3,(H2,20,21,22). The topological polar surface area (TPSA) is 76.4 Å². The van der Waals surface area contributed by atoms with E-state index in [2.05, 4.69) is 30.4 Å². The fourth-order valence-corrected chi connectivity index (χ4v) is 2.85. The number of fused-ring (bicyclic) bond motifs is 1. The first-order chi connectivity index (χ1) is 12.7. The molecule has 1 aromatic heterocycles. The SMILES string of the molecule is CCNC(=NCc1nnc2n1CCC2)NCC(C)Oc1ccc(F)cc1. The number of aryl methyl sites for hydroxylation is 1. The molecule has 0 spiro atoms. The van der Waals surface area contributed by atoms with Crippen LogP contribution < -0.4 is 15.4 Å². The number of halogens is 1. The monoisotopic (exact) mass is 360 g/mol. The number of nitrogens with one attached hydrogen (secondary N) is 2. The molecule has 1 aliphatic heterocycles. The zero-order valence-electron chi connectivity index (χ0n) is 15.2.